The van der Waals surface area contributed by atoms with E-state index in [9.17, 15) is 22.8 Å². The van der Waals surface area contributed by atoms with Crippen molar-refractivity contribution in [2.24, 2.45) is 0 Å². The molecule has 0 aliphatic heterocycles. The van der Waals surface area contributed by atoms with Gasteiger partial charge in [0.25, 0.3) is 11.5 Å². The molecule has 0 radical (unpaired) electrons. The van der Waals surface area contributed by atoms with Gasteiger partial charge >= 0.3 is 6.18 Å². The highest BCUT2D eigenvalue weighted by atomic mass is 19.4. The quantitative estimate of drug-likeness (QED) is 0.871. The Morgan fingerprint density at radius 1 is 1.29 bits per heavy atom. The van der Waals surface area contributed by atoms with Crippen LogP contribution in [0.3, 0.4) is 0 Å². The molecule has 1 aromatic carbocycles. The highest BCUT2D eigenvalue weighted by Crippen LogP contribution is 2.35. The molecule has 2 N–H and O–H groups in total. The number of aromatic nitrogens is 2. The Morgan fingerprint density at radius 3 is 2.62 bits per heavy atom. The van der Waals surface area contributed by atoms with Crippen LogP contribution in [0.5, 0.6) is 5.75 Å². The Labute approximate surface area is 134 Å². The van der Waals surface area contributed by atoms with Crippen LogP contribution in [0.1, 0.15) is 23.0 Å². The minimum absolute atomic E-state index is 0.0165. The van der Waals surface area contributed by atoms with Gasteiger partial charge in [0.1, 0.15) is 18.1 Å². The molecule has 0 saturated heterocycles. The molecule has 1 heterocycles. The number of nitrogens with one attached hydrogen (secondary N) is 2. The highest BCUT2D eigenvalue weighted by Gasteiger charge is 2.34. The van der Waals surface area contributed by atoms with Gasteiger partial charge < -0.3 is 10.1 Å². The third-order valence-corrected chi connectivity index (χ3v) is 2.97. The minimum atomic E-state index is -4.52. The average molecular weight is 341 g/mol. The number of amides is 1. The zero-order valence-electron chi connectivity index (χ0n) is 12.6. The van der Waals surface area contributed by atoms with Crippen molar-refractivity contribution in [1.29, 1.82) is 0 Å². The predicted molar refractivity (Wildman–Crippen MR) is 78.7 cm³/mol. The molecule has 128 valence electrons. The van der Waals surface area contributed by atoms with Crippen LogP contribution in [0.2, 0.25) is 0 Å². The van der Waals surface area contributed by atoms with Crippen LogP contribution in [0.4, 0.5) is 13.2 Å². The number of carbonyl (C=O) groups excluding carboxylic acids is 1. The monoisotopic (exact) mass is 341 g/mol. The van der Waals surface area contributed by atoms with Crippen molar-refractivity contribution >= 4 is 5.91 Å². The molecule has 0 bridgehead atoms. The summed E-state index contributed by atoms with van der Waals surface area (Å²) in [7, 11) is 0. The SMILES string of the molecule is C[C@H](COc1ccccc1C(F)(F)F)NC(=O)c1ccc(=O)[nH]n1. The van der Waals surface area contributed by atoms with Crippen molar-refractivity contribution < 1.29 is 22.7 Å². The number of hydrogen-bond donors (Lipinski definition) is 2. The van der Waals surface area contributed by atoms with Crippen LogP contribution in [-0.4, -0.2) is 28.8 Å². The number of alkyl halides is 3. The van der Waals surface area contributed by atoms with Gasteiger partial charge in [-0.3, -0.25) is 9.59 Å². The van der Waals surface area contributed by atoms with E-state index in [-0.39, 0.29) is 18.1 Å². The second-order valence-corrected chi connectivity index (χ2v) is 4.99. The fraction of sp³-hybridized carbons (Fsp3) is 0.267. The maximum atomic E-state index is 12.8. The molecule has 1 atom stereocenters. The first-order valence-corrected chi connectivity index (χ1v) is 6.93. The number of hydrogen-bond acceptors (Lipinski definition) is 4. The number of nitrogens with zero attached hydrogens (tertiary/aromatic N) is 1. The van der Waals surface area contributed by atoms with E-state index in [1.807, 2.05) is 0 Å². The molecule has 1 aromatic heterocycles. The third-order valence-electron chi connectivity index (χ3n) is 2.97. The minimum Gasteiger partial charge on any atom is -0.491 e. The number of rotatable bonds is 5. The second kappa shape index (κ2) is 7.16. The molecule has 0 unspecified atom stereocenters. The predicted octanol–water partition coefficient (Wildman–Crippen LogP) is 1.99. The molecule has 24 heavy (non-hydrogen) atoms. The van der Waals surface area contributed by atoms with Crippen LogP contribution < -0.4 is 15.6 Å². The molecule has 0 saturated carbocycles. The molecule has 0 fully saturated rings. The van der Waals surface area contributed by atoms with Crippen LogP contribution >= 0.6 is 0 Å². The smallest absolute Gasteiger partial charge is 0.419 e. The van der Waals surface area contributed by atoms with Gasteiger partial charge in [0.2, 0.25) is 0 Å². The van der Waals surface area contributed by atoms with E-state index in [1.54, 1.807) is 6.92 Å². The van der Waals surface area contributed by atoms with E-state index in [4.69, 9.17) is 4.74 Å². The Balaban J connectivity index is 1.96. The van der Waals surface area contributed by atoms with E-state index in [1.165, 1.54) is 24.3 Å². The number of carbonyl (C=O) groups is 1. The zero-order chi connectivity index (χ0) is 17.7. The van der Waals surface area contributed by atoms with Gasteiger partial charge in [-0.15, -0.1) is 0 Å². The van der Waals surface area contributed by atoms with Gasteiger partial charge in [-0.2, -0.15) is 18.3 Å². The van der Waals surface area contributed by atoms with Crippen molar-refractivity contribution in [1.82, 2.24) is 15.5 Å². The first kappa shape index (κ1) is 17.5. The van der Waals surface area contributed by atoms with Crippen LogP contribution in [0, 0.1) is 0 Å². The van der Waals surface area contributed by atoms with Crippen LogP contribution in [0.25, 0.3) is 0 Å². The van der Waals surface area contributed by atoms with Crippen molar-refractivity contribution in [3.05, 3.63) is 58.0 Å². The van der Waals surface area contributed by atoms with Crippen molar-refractivity contribution in [2.75, 3.05) is 6.61 Å². The summed E-state index contributed by atoms with van der Waals surface area (Å²) in [5.41, 5.74) is -1.35. The number of halogens is 3. The normalized spacial score (nSPS) is 12.5. The van der Waals surface area contributed by atoms with E-state index < -0.39 is 29.2 Å². The van der Waals surface area contributed by atoms with Crippen molar-refractivity contribution in [3.8, 4) is 5.75 Å². The Morgan fingerprint density at radius 2 is 2.00 bits per heavy atom. The molecular formula is C15H14F3N3O3. The van der Waals surface area contributed by atoms with Crippen LogP contribution in [-0.2, 0) is 6.18 Å². The lowest BCUT2D eigenvalue weighted by atomic mass is 10.2. The summed E-state index contributed by atoms with van der Waals surface area (Å²) in [6.45, 7) is 1.40. The Bertz CT molecular complexity index is 754. The fourth-order valence-corrected chi connectivity index (χ4v) is 1.85. The Hall–Kier alpha value is -2.84. The molecule has 0 spiro atoms. The number of para-hydroxylation sites is 1. The van der Waals surface area contributed by atoms with Gasteiger partial charge in [-0.1, -0.05) is 12.1 Å². The lowest BCUT2D eigenvalue weighted by Gasteiger charge is -2.17. The summed E-state index contributed by atoms with van der Waals surface area (Å²) in [5, 5.41) is 8.18. The largest absolute Gasteiger partial charge is 0.491 e. The van der Waals surface area contributed by atoms with Gasteiger partial charge in [-0.05, 0) is 25.1 Å². The standard InChI is InChI=1S/C15H14F3N3O3/c1-9(19-14(23)11-6-7-13(22)21-20-11)8-24-12-5-3-2-4-10(12)15(16,17)18/h2-7,9H,8H2,1H3,(H,19,23)(H,21,22)/t9-/m1/s1. The maximum Gasteiger partial charge on any atom is 0.419 e. The molecule has 0 aliphatic carbocycles. The van der Waals surface area contributed by atoms with E-state index >= 15 is 0 Å². The van der Waals surface area contributed by atoms with Crippen LogP contribution in [0.15, 0.2) is 41.2 Å². The molecule has 2 aromatic rings. The topological polar surface area (TPSA) is 84.1 Å². The number of benzene rings is 1. The number of aromatic amines is 1. The summed E-state index contributed by atoms with van der Waals surface area (Å²) >= 11 is 0. The van der Waals surface area contributed by atoms with E-state index in [0.29, 0.717) is 0 Å². The fourth-order valence-electron chi connectivity index (χ4n) is 1.85. The molecule has 1 amide bonds. The summed E-state index contributed by atoms with van der Waals surface area (Å²) in [4.78, 5) is 22.7. The summed E-state index contributed by atoms with van der Waals surface area (Å²) in [6, 6.07) is 6.63. The molecule has 0 aliphatic rings. The first-order valence-electron chi connectivity index (χ1n) is 6.93. The Kier molecular flexibility index (Phi) is 5.22. The molecule has 2 rings (SSSR count). The van der Waals surface area contributed by atoms with Crippen molar-refractivity contribution in [3.63, 3.8) is 0 Å². The molecule has 6 nitrogen and oxygen atoms in total. The summed E-state index contributed by atoms with van der Waals surface area (Å²) < 4.78 is 43.7. The average Bonchev–Trinajstić information content (AvgIpc) is 2.53. The second-order valence-electron chi connectivity index (χ2n) is 4.99. The van der Waals surface area contributed by atoms with E-state index in [0.717, 1.165) is 12.1 Å². The van der Waals surface area contributed by atoms with Gasteiger partial charge in [-0.25, -0.2) is 5.10 Å². The third kappa shape index (κ3) is 4.58. The number of ether oxygens (including phenoxy) is 1. The lowest BCUT2D eigenvalue weighted by Crippen LogP contribution is -2.37. The summed E-state index contributed by atoms with van der Waals surface area (Å²) in [5.74, 6) is -0.889. The zero-order valence-corrected chi connectivity index (χ0v) is 12.6. The van der Waals surface area contributed by atoms with Crippen molar-refractivity contribution in [2.45, 2.75) is 19.1 Å². The lowest BCUT2D eigenvalue weighted by molar-refractivity contribution is -0.139. The maximum absolute atomic E-state index is 12.8. The van der Waals surface area contributed by atoms with Gasteiger partial charge in [0.05, 0.1) is 11.6 Å². The highest BCUT2D eigenvalue weighted by molar-refractivity contribution is 5.92. The molecular weight excluding hydrogens is 327 g/mol. The number of H-pyrrole nitrogens is 1. The summed E-state index contributed by atoms with van der Waals surface area (Å²) in [6.07, 6.45) is -4.52. The first-order chi connectivity index (χ1) is 11.3. The molecule has 9 heteroatoms. The van der Waals surface area contributed by atoms with Gasteiger partial charge in [0.15, 0.2) is 0 Å². The van der Waals surface area contributed by atoms with Gasteiger partial charge in [0, 0.05) is 6.07 Å². The van der Waals surface area contributed by atoms with E-state index in [2.05, 4.69) is 15.5 Å².